The molecule has 0 amide bonds. The van der Waals surface area contributed by atoms with Crippen molar-refractivity contribution >= 4 is 17.5 Å². The van der Waals surface area contributed by atoms with Crippen LogP contribution in [-0.2, 0) is 19.1 Å². The van der Waals surface area contributed by atoms with E-state index in [-0.39, 0.29) is 46.6 Å². The normalized spacial score (nSPS) is 43.4. The van der Waals surface area contributed by atoms with Crippen molar-refractivity contribution in [3.63, 3.8) is 0 Å². The fraction of sp³-hybridized carbons (Fsp3) is 0.667. The van der Waals surface area contributed by atoms with Crippen molar-refractivity contribution in [3.05, 3.63) is 11.6 Å². The maximum atomic E-state index is 12.4. The molecule has 3 aliphatic rings. The van der Waals surface area contributed by atoms with Gasteiger partial charge in [0, 0.05) is 23.3 Å². The summed E-state index contributed by atoms with van der Waals surface area (Å²) in [4.78, 5) is 35.9. The molecular formula is C15H18O4. The van der Waals surface area contributed by atoms with E-state index in [1.165, 1.54) is 6.08 Å². The van der Waals surface area contributed by atoms with Gasteiger partial charge in [-0.25, -0.2) is 0 Å². The summed E-state index contributed by atoms with van der Waals surface area (Å²) in [5.41, 5.74) is 0.319. The average molecular weight is 262 g/mol. The predicted molar refractivity (Wildman–Crippen MR) is 67.1 cm³/mol. The fourth-order valence-corrected chi connectivity index (χ4v) is 4.09. The summed E-state index contributed by atoms with van der Waals surface area (Å²) >= 11 is 0. The maximum Gasteiger partial charge on any atom is 0.310 e. The summed E-state index contributed by atoms with van der Waals surface area (Å²) in [5.74, 6) is -0.622. The van der Waals surface area contributed by atoms with Gasteiger partial charge in [-0.05, 0) is 24.8 Å². The summed E-state index contributed by atoms with van der Waals surface area (Å²) in [6.07, 6.45) is 1.97. The fourth-order valence-electron chi connectivity index (χ4n) is 4.09. The number of ether oxygens (including phenoxy) is 1. The first-order valence-electron chi connectivity index (χ1n) is 6.88. The highest BCUT2D eigenvalue weighted by Gasteiger charge is 2.74. The molecule has 0 aromatic carbocycles. The van der Waals surface area contributed by atoms with Gasteiger partial charge < -0.3 is 4.74 Å². The minimum atomic E-state index is -0.326. The molecule has 0 aliphatic heterocycles. The number of carbonyl (C=O) groups is 3. The molecule has 0 saturated heterocycles. The first kappa shape index (κ1) is 12.6. The van der Waals surface area contributed by atoms with Gasteiger partial charge in [0.15, 0.2) is 11.6 Å². The second kappa shape index (κ2) is 3.78. The van der Waals surface area contributed by atoms with Crippen LogP contribution in [0.2, 0.25) is 0 Å². The van der Waals surface area contributed by atoms with Crippen LogP contribution in [0.15, 0.2) is 11.6 Å². The molecule has 102 valence electrons. The monoisotopic (exact) mass is 262 g/mol. The Kier molecular flexibility index (Phi) is 2.50. The van der Waals surface area contributed by atoms with Crippen LogP contribution in [0.3, 0.4) is 0 Å². The van der Waals surface area contributed by atoms with Crippen LogP contribution in [0.4, 0.5) is 0 Å². The summed E-state index contributed by atoms with van der Waals surface area (Å²) in [7, 11) is 0. The zero-order chi connectivity index (χ0) is 13.9. The van der Waals surface area contributed by atoms with E-state index in [0.717, 1.165) is 0 Å². The molecule has 0 radical (unpaired) electrons. The number of hydrogen-bond donors (Lipinski definition) is 0. The number of fused-ring (bicyclic) bond motifs is 3. The van der Waals surface area contributed by atoms with E-state index < -0.39 is 0 Å². The molecule has 0 heterocycles. The zero-order valence-corrected chi connectivity index (χ0v) is 11.4. The number of esters is 1. The first-order chi connectivity index (χ1) is 8.92. The number of allylic oxidation sites excluding steroid dienone is 2. The molecule has 0 aromatic rings. The van der Waals surface area contributed by atoms with Gasteiger partial charge >= 0.3 is 5.97 Å². The lowest BCUT2D eigenvalue weighted by molar-refractivity contribution is -0.146. The Morgan fingerprint density at radius 1 is 1.47 bits per heavy atom. The van der Waals surface area contributed by atoms with E-state index in [4.69, 9.17) is 4.74 Å². The molecule has 3 aliphatic carbocycles. The van der Waals surface area contributed by atoms with Crippen molar-refractivity contribution in [1.29, 1.82) is 0 Å². The molecule has 4 heteroatoms. The summed E-state index contributed by atoms with van der Waals surface area (Å²) in [5, 5.41) is 0. The van der Waals surface area contributed by atoms with Crippen molar-refractivity contribution < 1.29 is 19.1 Å². The smallest absolute Gasteiger partial charge is 0.310 e. The highest BCUT2D eigenvalue weighted by molar-refractivity contribution is 6.12. The minimum Gasteiger partial charge on any atom is -0.466 e. The van der Waals surface area contributed by atoms with Gasteiger partial charge in [0.1, 0.15) is 0 Å². The lowest BCUT2D eigenvalue weighted by Crippen LogP contribution is -2.37. The summed E-state index contributed by atoms with van der Waals surface area (Å²) < 4.78 is 5.05. The van der Waals surface area contributed by atoms with Crippen molar-refractivity contribution in [2.45, 2.75) is 27.2 Å². The van der Waals surface area contributed by atoms with Crippen molar-refractivity contribution in [1.82, 2.24) is 0 Å². The number of carbonyl (C=O) groups excluding carboxylic acids is 3. The molecule has 19 heavy (non-hydrogen) atoms. The molecule has 2 fully saturated rings. The molecule has 0 bridgehead atoms. The Bertz CT molecular complexity index is 518. The quantitative estimate of drug-likeness (QED) is 0.708. The van der Waals surface area contributed by atoms with E-state index >= 15 is 0 Å². The Morgan fingerprint density at radius 2 is 2.16 bits per heavy atom. The van der Waals surface area contributed by atoms with Crippen molar-refractivity contribution in [2.75, 3.05) is 6.61 Å². The van der Waals surface area contributed by atoms with Crippen LogP contribution in [-0.4, -0.2) is 24.1 Å². The highest BCUT2D eigenvalue weighted by atomic mass is 16.5. The first-order valence-corrected chi connectivity index (χ1v) is 6.88. The van der Waals surface area contributed by atoms with Gasteiger partial charge in [0.05, 0.1) is 12.5 Å². The summed E-state index contributed by atoms with van der Waals surface area (Å²) in [6, 6.07) is 0. The second-order valence-corrected chi connectivity index (χ2v) is 6.11. The van der Waals surface area contributed by atoms with E-state index in [1.54, 1.807) is 6.92 Å². The third kappa shape index (κ3) is 1.43. The zero-order valence-electron chi connectivity index (χ0n) is 11.4. The van der Waals surface area contributed by atoms with Gasteiger partial charge in [-0.15, -0.1) is 0 Å². The molecule has 0 aromatic heterocycles. The van der Waals surface area contributed by atoms with E-state index in [9.17, 15) is 14.4 Å². The number of hydrogen-bond acceptors (Lipinski definition) is 4. The standard InChI is InChI=1S/C15H18O4/c1-4-19-14(18)11-10-12(11)15(3)7(2)5-8(16)6-9(15)13(10)17/h6-7,10-12H,4-5H2,1-3H3/t7-,10?,11?,12?,15+/m1/s1. The van der Waals surface area contributed by atoms with Gasteiger partial charge in [0.2, 0.25) is 0 Å². The number of Topliss-reactive ketones (excluding diaryl/α,β-unsaturated/α-hetero) is 1. The molecule has 0 spiro atoms. The topological polar surface area (TPSA) is 60.4 Å². The SMILES string of the molecule is CCOC(=O)C1C2C(=O)C3=CC(=O)C[C@@H](C)[C@]3(C)C12. The molecule has 4 nitrogen and oxygen atoms in total. The van der Waals surface area contributed by atoms with Crippen LogP contribution >= 0.6 is 0 Å². The lowest BCUT2D eigenvalue weighted by Gasteiger charge is -2.37. The molecule has 3 unspecified atom stereocenters. The van der Waals surface area contributed by atoms with E-state index in [2.05, 4.69) is 0 Å². The van der Waals surface area contributed by atoms with Crippen LogP contribution in [0.25, 0.3) is 0 Å². The average Bonchev–Trinajstić information content (AvgIpc) is 3.04. The van der Waals surface area contributed by atoms with Crippen molar-refractivity contribution in [3.8, 4) is 0 Å². The molecule has 2 saturated carbocycles. The largest absolute Gasteiger partial charge is 0.466 e. The summed E-state index contributed by atoms with van der Waals surface area (Å²) in [6.45, 7) is 6.14. The molecule has 3 rings (SSSR count). The Hall–Kier alpha value is -1.45. The van der Waals surface area contributed by atoms with Gasteiger partial charge in [-0.3, -0.25) is 14.4 Å². The third-order valence-electron chi connectivity index (χ3n) is 5.26. The van der Waals surface area contributed by atoms with Crippen LogP contribution < -0.4 is 0 Å². The number of ketones is 2. The highest BCUT2D eigenvalue weighted by Crippen LogP contribution is 2.70. The van der Waals surface area contributed by atoms with E-state index in [1.807, 2.05) is 13.8 Å². The molecule has 0 N–H and O–H groups in total. The minimum absolute atomic E-state index is 0.00884. The predicted octanol–water partition coefficient (Wildman–Crippen LogP) is 1.54. The van der Waals surface area contributed by atoms with Crippen LogP contribution in [0, 0.1) is 29.1 Å². The van der Waals surface area contributed by atoms with Crippen molar-refractivity contribution in [2.24, 2.45) is 29.1 Å². The Morgan fingerprint density at radius 3 is 2.79 bits per heavy atom. The van der Waals surface area contributed by atoms with Gasteiger partial charge in [0.25, 0.3) is 0 Å². The Balaban J connectivity index is 1.96. The Labute approximate surface area is 112 Å². The number of rotatable bonds is 2. The van der Waals surface area contributed by atoms with Crippen LogP contribution in [0.5, 0.6) is 0 Å². The van der Waals surface area contributed by atoms with E-state index in [0.29, 0.717) is 18.6 Å². The molecule has 5 atom stereocenters. The molecular weight excluding hydrogens is 244 g/mol. The van der Waals surface area contributed by atoms with Gasteiger partial charge in [-0.2, -0.15) is 0 Å². The maximum absolute atomic E-state index is 12.4. The second-order valence-electron chi connectivity index (χ2n) is 6.11. The van der Waals surface area contributed by atoms with Crippen LogP contribution in [0.1, 0.15) is 27.2 Å². The van der Waals surface area contributed by atoms with Gasteiger partial charge in [-0.1, -0.05) is 13.8 Å². The lowest BCUT2D eigenvalue weighted by atomic mass is 9.65. The third-order valence-corrected chi connectivity index (χ3v) is 5.26.